The average molecular weight is 318 g/mol. The molecule has 2 N–H and O–H groups in total. The van der Waals surface area contributed by atoms with Crippen molar-refractivity contribution in [3.05, 3.63) is 40.8 Å². The quantitative estimate of drug-likeness (QED) is 0.823. The Labute approximate surface area is 132 Å². The van der Waals surface area contributed by atoms with E-state index in [9.17, 15) is 14.4 Å². The number of fused-ring (bicyclic) bond motifs is 1. The van der Waals surface area contributed by atoms with Gasteiger partial charge in [-0.2, -0.15) is 5.10 Å². The fraction of sp³-hybridized carbons (Fsp3) is 0.333. The summed E-state index contributed by atoms with van der Waals surface area (Å²) in [6.07, 6.45) is 0.931. The number of nitrogens with one attached hydrogen (secondary N) is 2. The van der Waals surface area contributed by atoms with Crippen LogP contribution in [0.25, 0.3) is 10.8 Å². The van der Waals surface area contributed by atoms with E-state index in [0.717, 1.165) is 5.39 Å². The summed E-state index contributed by atoms with van der Waals surface area (Å²) in [4.78, 5) is 35.1. The number of methoxy groups -OCH3 is 1. The second-order valence-corrected chi connectivity index (χ2v) is 4.91. The molecule has 0 bridgehead atoms. The number of amides is 2. The third-order valence-electron chi connectivity index (χ3n) is 3.30. The summed E-state index contributed by atoms with van der Waals surface area (Å²) in [5.74, 6) is -0.371. The van der Waals surface area contributed by atoms with Crippen molar-refractivity contribution in [1.29, 1.82) is 0 Å². The largest absolute Gasteiger partial charge is 0.453 e. The number of hydrogen-bond donors (Lipinski definition) is 2. The molecule has 1 aromatic heterocycles. The van der Waals surface area contributed by atoms with E-state index in [4.69, 9.17) is 0 Å². The van der Waals surface area contributed by atoms with Crippen LogP contribution in [0.5, 0.6) is 0 Å². The van der Waals surface area contributed by atoms with E-state index in [0.29, 0.717) is 5.39 Å². The van der Waals surface area contributed by atoms with Gasteiger partial charge in [-0.3, -0.25) is 9.59 Å². The molecule has 1 heterocycles. The Morgan fingerprint density at radius 1 is 1.35 bits per heavy atom. The molecule has 0 aliphatic heterocycles. The van der Waals surface area contributed by atoms with Crippen molar-refractivity contribution < 1.29 is 14.3 Å². The molecular weight excluding hydrogens is 300 g/mol. The summed E-state index contributed by atoms with van der Waals surface area (Å²) in [7, 11) is 1.22. The van der Waals surface area contributed by atoms with Gasteiger partial charge < -0.3 is 15.4 Å². The van der Waals surface area contributed by atoms with Crippen LogP contribution in [0.2, 0.25) is 0 Å². The van der Waals surface area contributed by atoms with Gasteiger partial charge in [-0.05, 0) is 13.0 Å². The molecule has 2 aromatic rings. The van der Waals surface area contributed by atoms with E-state index in [1.807, 2.05) is 12.1 Å². The summed E-state index contributed by atoms with van der Waals surface area (Å²) in [5, 5.41) is 10.4. The predicted molar refractivity (Wildman–Crippen MR) is 84.0 cm³/mol. The first-order valence-corrected chi connectivity index (χ1v) is 7.10. The number of benzene rings is 1. The third kappa shape index (κ3) is 4.06. The van der Waals surface area contributed by atoms with Crippen LogP contribution in [-0.4, -0.2) is 41.5 Å². The number of rotatable bonds is 5. The van der Waals surface area contributed by atoms with Gasteiger partial charge in [0.2, 0.25) is 5.91 Å². The standard InChI is InChI=1S/C15H18N4O4/c1-10(18-15(22)23-2)13(20)16-7-8-19-14(21)12-6-4-3-5-11(12)9-17-19/h3-6,9-10H,7-8H2,1-2H3,(H,16,20)(H,18,22). The minimum absolute atomic E-state index is 0.210. The second kappa shape index (κ2) is 7.39. The van der Waals surface area contributed by atoms with Crippen LogP contribution in [0.3, 0.4) is 0 Å². The maximum atomic E-state index is 12.2. The van der Waals surface area contributed by atoms with Crippen LogP contribution in [0.15, 0.2) is 35.3 Å². The van der Waals surface area contributed by atoms with E-state index >= 15 is 0 Å². The molecule has 0 saturated carbocycles. The van der Waals surface area contributed by atoms with Crippen LogP contribution in [-0.2, 0) is 16.1 Å². The predicted octanol–water partition coefficient (Wildman–Crippen LogP) is 0.257. The fourth-order valence-electron chi connectivity index (χ4n) is 2.03. The van der Waals surface area contributed by atoms with Gasteiger partial charge in [-0.15, -0.1) is 0 Å². The van der Waals surface area contributed by atoms with Gasteiger partial charge >= 0.3 is 6.09 Å². The molecule has 1 atom stereocenters. The van der Waals surface area contributed by atoms with Crippen LogP contribution >= 0.6 is 0 Å². The Morgan fingerprint density at radius 3 is 2.83 bits per heavy atom. The first-order chi connectivity index (χ1) is 11.0. The summed E-state index contributed by atoms with van der Waals surface area (Å²) in [6.45, 7) is 1.99. The van der Waals surface area contributed by atoms with Crippen LogP contribution in [0.1, 0.15) is 6.92 Å². The lowest BCUT2D eigenvalue weighted by Crippen LogP contribution is -2.45. The lowest BCUT2D eigenvalue weighted by atomic mass is 10.2. The van der Waals surface area contributed by atoms with Crippen molar-refractivity contribution >= 4 is 22.8 Å². The molecule has 122 valence electrons. The highest BCUT2D eigenvalue weighted by atomic mass is 16.5. The van der Waals surface area contributed by atoms with Gasteiger partial charge in [0.25, 0.3) is 5.56 Å². The highest BCUT2D eigenvalue weighted by Gasteiger charge is 2.15. The number of nitrogens with zero attached hydrogens (tertiary/aromatic N) is 2. The van der Waals surface area contributed by atoms with E-state index < -0.39 is 12.1 Å². The number of carbonyl (C=O) groups is 2. The Hall–Kier alpha value is -2.90. The van der Waals surface area contributed by atoms with Gasteiger partial charge in [0.1, 0.15) is 6.04 Å². The highest BCUT2D eigenvalue weighted by Crippen LogP contribution is 2.05. The fourth-order valence-corrected chi connectivity index (χ4v) is 2.03. The molecule has 23 heavy (non-hydrogen) atoms. The zero-order valence-corrected chi connectivity index (χ0v) is 12.9. The molecule has 1 unspecified atom stereocenters. The summed E-state index contributed by atoms with van der Waals surface area (Å²) >= 11 is 0. The number of aromatic nitrogens is 2. The minimum atomic E-state index is -0.733. The van der Waals surface area contributed by atoms with Crippen molar-refractivity contribution in [1.82, 2.24) is 20.4 Å². The highest BCUT2D eigenvalue weighted by molar-refractivity contribution is 5.85. The lowest BCUT2D eigenvalue weighted by Gasteiger charge is -2.13. The number of hydrogen-bond acceptors (Lipinski definition) is 5. The van der Waals surface area contributed by atoms with Crippen molar-refractivity contribution in [2.75, 3.05) is 13.7 Å². The van der Waals surface area contributed by atoms with Crippen molar-refractivity contribution in [3.8, 4) is 0 Å². The number of ether oxygens (including phenoxy) is 1. The first kappa shape index (κ1) is 16.5. The van der Waals surface area contributed by atoms with Gasteiger partial charge in [-0.1, -0.05) is 18.2 Å². The molecule has 0 aliphatic carbocycles. The Bertz CT molecular complexity index is 771. The maximum absolute atomic E-state index is 12.2. The maximum Gasteiger partial charge on any atom is 0.407 e. The van der Waals surface area contributed by atoms with Crippen LogP contribution in [0.4, 0.5) is 4.79 Å². The first-order valence-electron chi connectivity index (χ1n) is 7.10. The molecule has 0 aliphatic rings. The topological polar surface area (TPSA) is 102 Å². The van der Waals surface area contributed by atoms with Gasteiger partial charge in [0.05, 0.1) is 25.2 Å². The van der Waals surface area contributed by atoms with Crippen molar-refractivity contribution in [3.63, 3.8) is 0 Å². The second-order valence-electron chi connectivity index (χ2n) is 4.91. The molecule has 0 radical (unpaired) electrons. The summed E-state index contributed by atoms with van der Waals surface area (Å²) < 4.78 is 5.71. The Balaban J connectivity index is 1.94. The van der Waals surface area contributed by atoms with E-state index in [2.05, 4.69) is 20.5 Å². The minimum Gasteiger partial charge on any atom is -0.453 e. The zero-order valence-electron chi connectivity index (χ0n) is 12.9. The molecule has 0 fully saturated rings. The molecule has 1 aromatic carbocycles. The number of alkyl carbamates (subject to hydrolysis) is 1. The van der Waals surface area contributed by atoms with Gasteiger partial charge in [0, 0.05) is 11.9 Å². The SMILES string of the molecule is COC(=O)NC(C)C(=O)NCCn1ncc2ccccc2c1=O. The van der Waals surface area contributed by atoms with Crippen LogP contribution < -0.4 is 16.2 Å². The van der Waals surface area contributed by atoms with E-state index in [-0.39, 0.29) is 24.6 Å². The van der Waals surface area contributed by atoms with E-state index in [1.165, 1.54) is 18.7 Å². The molecule has 2 rings (SSSR count). The smallest absolute Gasteiger partial charge is 0.407 e. The monoisotopic (exact) mass is 318 g/mol. The third-order valence-corrected chi connectivity index (χ3v) is 3.30. The Kier molecular flexibility index (Phi) is 5.29. The molecule has 0 spiro atoms. The van der Waals surface area contributed by atoms with Crippen LogP contribution in [0, 0.1) is 0 Å². The van der Waals surface area contributed by atoms with Gasteiger partial charge in [-0.25, -0.2) is 9.48 Å². The summed E-state index contributed by atoms with van der Waals surface area (Å²) in [6, 6.07) is 6.44. The van der Waals surface area contributed by atoms with Gasteiger partial charge in [0.15, 0.2) is 0 Å². The normalized spacial score (nSPS) is 11.7. The molecule has 2 amide bonds. The van der Waals surface area contributed by atoms with Crippen molar-refractivity contribution in [2.45, 2.75) is 19.5 Å². The molecule has 8 nitrogen and oxygen atoms in total. The number of carbonyl (C=O) groups excluding carboxylic acids is 2. The molecule has 0 saturated heterocycles. The lowest BCUT2D eigenvalue weighted by molar-refractivity contribution is -0.122. The Morgan fingerprint density at radius 2 is 2.09 bits per heavy atom. The van der Waals surface area contributed by atoms with Crippen molar-refractivity contribution in [2.24, 2.45) is 0 Å². The average Bonchev–Trinajstić information content (AvgIpc) is 2.56. The zero-order chi connectivity index (χ0) is 16.8. The molecular formula is C15H18N4O4. The summed E-state index contributed by atoms with van der Waals surface area (Å²) in [5.41, 5.74) is -0.210. The van der Waals surface area contributed by atoms with E-state index in [1.54, 1.807) is 18.3 Å². The molecule has 8 heteroatoms.